The summed E-state index contributed by atoms with van der Waals surface area (Å²) in [5, 5.41) is 3.72. The molecule has 0 bridgehead atoms. The lowest BCUT2D eigenvalue weighted by atomic mass is 9.85. The summed E-state index contributed by atoms with van der Waals surface area (Å²) < 4.78 is 89.0. The highest BCUT2D eigenvalue weighted by Gasteiger charge is 2.62. The van der Waals surface area contributed by atoms with E-state index in [9.17, 15) is 35.9 Å². The van der Waals surface area contributed by atoms with Crippen molar-refractivity contribution in [2.24, 2.45) is 5.16 Å². The molecule has 0 radical (unpaired) electrons. The topological polar surface area (TPSA) is 77.4 Å². The fourth-order valence-corrected chi connectivity index (χ4v) is 4.05. The molecule has 2 amide bonds. The largest absolute Gasteiger partial charge is 0.452 e. The molecule has 0 aliphatic carbocycles. The van der Waals surface area contributed by atoms with Crippen molar-refractivity contribution in [2.75, 3.05) is 20.4 Å². The van der Waals surface area contributed by atoms with Crippen molar-refractivity contribution >= 4 is 17.7 Å². The van der Waals surface area contributed by atoms with E-state index in [1.165, 1.54) is 37.3 Å². The summed E-state index contributed by atoms with van der Waals surface area (Å²) in [6.45, 7) is 2.05. The maximum Gasteiger partial charge on any atom is 0.435 e. The van der Waals surface area contributed by atoms with E-state index in [0.29, 0.717) is 16.0 Å². The predicted molar refractivity (Wildman–Crippen MR) is 123 cm³/mol. The second kappa shape index (κ2) is 10.6. The Morgan fingerprint density at radius 1 is 1.03 bits per heavy atom. The first-order valence-corrected chi connectivity index (χ1v) is 11.1. The molecule has 206 valence electrons. The maximum absolute atomic E-state index is 14.3. The zero-order valence-corrected chi connectivity index (χ0v) is 20.8. The molecule has 7 nitrogen and oxygen atoms in total. The van der Waals surface area contributed by atoms with Gasteiger partial charge in [0.05, 0.1) is 12.8 Å². The Kier molecular flexibility index (Phi) is 8.10. The van der Waals surface area contributed by atoms with Crippen molar-refractivity contribution in [1.82, 2.24) is 4.90 Å². The Morgan fingerprint density at radius 3 is 2.18 bits per heavy atom. The van der Waals surface area contributed by atoms with Crippen LogP contribution in [0, 0.1) is 20.8 Å². The summed E-state index contributed by atoms with van der Waals surface area (Å²) in [5.74, 6) is -1.02. The maximum atomic E-state index is 14.3. The van der Waals surface area contributed by atoms with Gasteiger partial charge in [-0.2, -0.15) is 26.3 Å². The molecule has 0 spiro atoms. The number of aryl methyl sites for hydroxylation is 3. The summed E-state index contributed by atoms with van der Waals surface area (Å²) in [7, 11) is 0.934. The highest BCUT2D eigenvalue weighted by atomic mass is 19.4. The van der Waals surface area contributed by atoms with Crippen molar-refractivity contribution in [2.45, 2.75) is 45.1 Å². The van der Waals surface area contributed by atoms with Crippen molar-refractivity contribution in [1.29, 1.82) is 0 Å². The molecule has 13 heteroatoms. The first-order valence-electron chi connectivity index (χ1n) is 11.1. The van der Waals surface area contributed by atoms with Gasteiger partial charge in [0.2, 0.25) is 0 Å². The van der Waals surface area contributed by atoms with Crippen LogP contribution in [0.5, 0.6) is 0 Å². The van der Waals surface area contributed by atoms with E-state index in [1.807, 2.05) is 0 Å². The van der Waals surface area contributed by atoms with E-state index in [4.69, 9.17) is 4.84 Å². The smallest absolute Gasteiger partial charge is 0.435 e. The number of hydrogen-bond donors (Lipinski definition) is 0. The van der Waals surface area contributed by atoms with Gasteiger partial charge in [0, 0.05) is 17.5 Å². The zero-order valence-electron chi connectivity index (χ0n) is 20.8. The molecule has 1 unspecified atom stereocenters. The van der Waals surface area contributed by atoms with Gasteiger partial charge >= 0.3 is 18.4 Å². The number of halogens is 6. The van der Waals surface area contributed by atoms with Crippen LogP contribution >= 0.6 is 0 Å². The van der Waals surface area contributed by atoms with E-state index < -0.39 is 49.7 Å². The van der Waals surface area contributed by atoms with Crippen LogP contribution in [0.15, 0.2) is 41.6 Å². The molecule has 2 aromatic rings. The van der Waals surface area contributed by atoms with Gasteiger partial charge in [-0.25, -0.2) is 9.69 Å². The number of ether oxygens (including phenoxy) is 2. The van der Waals surface area contributed by atoms with Crippen LogP contribution in [0.1, 0.15) is 44.6 Å². The Hall–Kier alpha value is -3.61. The molecule has 1 aliphatic heterocycles. The van der Waals surface area contributed by atoms with Crippen molar-refractivity contribution < 1.29 is 50.2 Å². The van der Waals surface area contributed by atoms with Crippen LogP contribution in [-0.2, 0) is 19.9 Å². The SMILES string of the molecule is COC(=O)N(COCC(F)(F)F)C(=O)c1ccc(C2=NOC(c3cc(C)cc(C)c3)(C(F)(F)F)C2)cc1C. The second-order valence-corrected chi connectivity index (χ2v) is 8.83. The quantitative estimate of drug-likeness (QED) is 0.331. The summed E-state index contributed by atoms with van der Waals surface area (Å²) in [6, 6.07) is 8.40. The third-order valence-electron chi connectivity index (χ3n) is 5.79. The van der Waals surface area contributed by atoms with Gasteiger partial charge in [-0.15, -0.1) is 0 Å². The summed E-state index contributed by atoms with van der Waals surface area (Å²) >= 11 is 0. The number of nitrogens with zero attached hydrogens (tertiary/aromatic N) is 2. The van der Waals surface area contributed by atoms with E-state index in [0.717, 1.165) is 7.11 Å². The average Bonchev–Trinajstić information content (AvgIpc) is 3.27. The number of benzene rings is 2. The van der Waals surface area contributed by atoms with E-state index in [-0.39, 0.29) is 28.0 Å². The van der Waals surface area contributed by atoms with Crippen LogP contribution in [0.25, 0.3) is 0 Å². The highest BCUT2D eigenvalue weighted by molar-refractivity contribution is 6.06. The van der Waals surface area contributed by atoms with Crippen LogP contribution in [-0.4, -0.2) is 55.4 Å². The molecule has 2 aromatic carbocycles. The Labute approximate surface area is 213 Å². The average molecular weight is 546 g/mol. The van der Waals surface area contributed by atoms with Crippen molar-refractivity contribution in [3.8, 4) is 0 Å². The monoisotopic (exact) mass is 546 g/mol. The summed E-state index contributed by atoms with van der Waals surface area (Å²) in [6.07, 6.45) is -11.4. The molecule has 1 atom stereocenters. The van der Waals surface area contributed by atoms with Crippen molar-refractivity contribution in [3.63, 3.8) is 0 Å². The molecule has 38 heavy (non-hydrogen) atoms. The standard InChI is InChI=1S/C25H24F6N2O5/c1-14-7-15(2)9-18(8-14)23(25(29,30)31)11-20(32-38-23)17-5-6-19(16(3)10-17)21(34)33(22(35)36-4)13-37-12-24(26,27)28/h5-10H,11-13H2,1-4H3. The Balaban J connectivity index is 1.88. The Morgan fingerprint density at radius 2 is 1.66 bits per heavy atom. The van der Waals surface area contributed by atoms with Gasteiger partial charge in [-0.3, -0.25) is 4.79 Å². The highest BCUT2D eigenvalue weighted by Crippen LogP contribution is 2.49. The van der Waals surface area contributed by atoms with Crippen LogP contribution in [0.4, 0.5) is 31.1 Å². The molecule has 0 fully saturated rings. The van der Waals surface area contributed by atoms with E-state index >= 15 is 0 Å². The van der Waals surface area contributed by atoms with E-state index in [2.05, 4.69) is 14.6 Å². The third-order valence-corrected chi connectivity index (χ3v) is 5.79. The van der Waals surface area contributed by atoms with Crippen molar-refractivity contribution in [3.05, 3.63) is 69.8 Å². The molecule has 1 aliphatic rings. The zero-order chi connectivity index (χ0) is 28.5. The predicted octanol–water partition coefficient (Wildman–Crippen LogP) is 5.94. The minimum atomic E-state index is -4.80. The van der Waals surface area contributed by atoms with E-state index in [1.54, 1.807) is 19.9 Å². The number of amides is 2. The minimum absolute atomic E-state index is 0.0260. The van der Waals surface area contributed by atoms with Gasteiger partial charge in [0.15, 0.2) is 0 Å². The minimum Gasteiger partial charge on any atom is -0.452 e. The molecule has 3 rings (SSSR count). The molecule has 1 heterocycles. The number of carbonyl (C=O) groups excluding carboxylic acids is 2. The lowest BCUT2D eigenvalue weighted by Gasteiger charge is -2.30. The third kappa shape index (κ3) is 6.09. The first kappa shape index (κ1) is 29.0. The second-order valence-electron chi connectivity index (χ2n) is 8.83. The van der Waals surface area contributed by atoms with Gasteiger partial charge in [-0.05, 0) is 44.0 Å². The lowest BCUT2D eigenvalue weighted by Crippen LogP contribution is -2.42. The molecule has 0 saturated heterocycles. The fraction of sp³-hybridized carbons (Fsp3) is 0.400. The first-order chi connectivity index (χ1) is 17.6. The molecule has 0 N–H and O–H groups in total. The number of rotatable bonds is 6. The van der Waals surface area contributed by atoms with Crippen LogP contribution in [0.3, 0.4) is 0 Å². The Bertz CT molecular complexity index is 1240. The van der Waals surface area contributed by atoms with Gasteiger partial charge in [0.1, 0.15) is 13.3 Å². The molecular formula is C25H24F6N2O5. The van der Waals surface area contributed by atoms with Gasteiger partial charge in [-0.1, -0.05) is 40.5 Å². The lowest BCUT2D eigenvalue weighted by molar-refractivity contribution is -0.275. The van der Waals surface area contributed by atoms with Gasteiger partial charge in [0.25, 0.3) is 11.5 Å². The molecule has 0 aromatic heterocycles. The molecule has 0 saturated carbocycles. The number of carbonyl (C=O) groups is 2. The number of methoxy groups -OCH3 is 1. The fourth-order valence-electron chi connectivity index (χ4n) is 4.05. The van der Waals surface area contributed by atoms with Gasteiger partial charge < -0.3 is 14.3 Å². The number of hydrogen-bond acceptors (Lipinski definition) is 6. The number of imide groups is 1. The van der Waals surface area contributed by atoms with Crippen LogP contribution in [0.2, 0.25) is 0 Å². The van der Waals surface area contributed by atoms with Crippen LogP contribution < -0.4 is 0 Å². The number of oxime groups is 1. The molecular weight excluding hydrogens is 522 g/mol. The normalized spacial score (nSPS) is 17.6. The summed E-state index contributed by atoms with van der Waals surface area (Å²) in [5.41, 5.74) is -1.25. The summed E-state index contributed by atoms with van der Waals surface area (Å²) in [4.78, 5) is 30.3. The number of alkyl halides is 6.